The van der Waals surface area contributed by atoms with E-state index in [1.54, 1.807) is 13.3 Å². The van der Waals surface area contributed by atoms with Crippen LogP contribution in [0.1, 0.15) is 5.82 Å². The summed E-state index contributed by atoms with van der Waals surface area (Å²) in [7, 11) is 1.64. The fourth-order valence-electron chi connectivity index (χ4n) is 2.24. The van der Waals surface area contributed by atoms with Crippen LogP contribution in [0.5, 0.6) is 5.75 Å². The number of aromatic nitrogens is 3. The van der Waals surface area contributed by atoms with Gasteiger partial charge in [0.1, 0.15) is 17.1 Å². The van der Waals surface area contributed by atoms with Gasteiger partial charge < -0.3 is 4.74 Å². The number of aryl methyl sites for hydroxylation is 1. The summed E-state index contributed by atoms with van der Waals surface area (Å²) in [6.45, 7) is 0. The molecule has 0 aliphatic rings. The van der Waals surface area contributed by atoms with Gasteiger partial charge in [-0.25, -0.2) is 9.97 Å². The lowest BCUT2D eigenvalue weighted by molar-refractivity contribution is 0.414. The summed E-state index contributed by atoms with van der Waals surface area (Å²) in [4.78, 5) is 8.98. The zero-order valence-corrected chi connectivity index (χ0v) is 12.9. The van der Waals surface area contributed by atoms with Crippen molar-refractivity contribution in [2.24, 2.45) is 0 Å². The van der Waals surface area contributed by atoms with Crippen molar-refractivity contribution in [1.82, 2.24) is 14.5 Å². The minimum Gasteiger partial charge on any atom is -0.497 e. The van der Waals surface area contributed by atoms with Crippen LogP contribution in [0.15, 0.2) is 36.5 Å². The molecule has 0 saturated heterocycles. The van der Waals surface area contributed by atoms with Gasteiger partial charge in [-0.05, 0) is 30.3 Å². The molecular formula is C15H13Cl2N3O. The number of rotatable bonds is 4. The Balaban J connectivity index is 2.20. The van der Waals surface area contributed by atoms with Gasteiger partial charge in [0.15, 0.2) is 5.65 Å². The van der Waals surface area contributed by atoms with Gasteiger partial charge in [-0.3, -0.25) is 4.57 Å². The fraction of sp³-hybridized carbons (Fsp3) is 0.200. The Morgan fingerprint density at radius 1 is 1.24 bits per heavy atom. The second-order valence-electron chi connectivity index (χ2n) is 4.50. The van der Waals surface area contributed by atoms with Crippen LogP contribution in [-0.2, 0) is 6.42 Å². The lowest BCUT2D eigenvalue weighted by Gasteiger charge is -2.08. The van der Waals surface area contributed by atoms with Gasteiger partial charge in [-0.2, -0.15) is 0 Å². The summed E-state index contributed by atoms with van der Waals surface area (Å²) >= 11 is 11.9. The van der Waals surface area contributed by atoms with Crippen molar-refractivity contribution < 1.29 is 4.74 Å². The molecular weight excluding hydrogens is 309 g/mol. The highest BCUT2D eigenvalue weighted by Crippen LogP contribution is 2.24. The van der Waals surface area contributed by atoms with E-state index in [1.807, 2.05) is 34.9 Å². The van der Waals surface area contributed by atoms with Crippen molar-refractivity contribution in [3.05, 3.63) is 47.4 Å². The van der Waals surface area contributed by atoms with Gasteiger partial charge in [-0.1, -0.05) is 11.6 Å². The van der Waals surface area contributed by atoms with Crippen LogP contribution < -0.4 is 4.74 Å². The molecule has 0 unspecified atom stereocenters. The molecule has 0 spiro atoms. The molecule has 3 aromatic rings. The number of nitrogens with zero attached hydrogens (tertiary/aromatic N) is 3. The van der Waals surface area contributed by atoms with Crippen LogP contribution in [0.2, 0.25) is 5.02 Å². The van der Waals surface area contributed by atoms with E-state index < -0.39 is 0 Å². The molecule has 3 rings (SSSR count). The van der Waals surface area contributed by atoms with Crippen molar-refractivity contribution in [3.63, 3.8) is 0 Å². The molecule has 0 amide bonds. The third-order valence-electron chi connectivity index (χ3n) is 3.18. The maximum Gasteiger partial charge on any atom is 0.164 e. The number of pyridine rings is 1. The molecule has 6 heteroatoms. The Bertz CT molecular complexity index is 768. The maximum absolute atomic E-state index is 5.99. The van der Waals surface area contributed by atoms with Crippen LogP contribution in [0.3, 0.4) is 0 Å². The van der Waals surface area contributed by atoms with Gasteiger partial charge in [0.05, 0.1) is 12.1 Å². The molecule has 0 radical (unpaired) electrons. The normalized spacial score (nSPS) is 11.0. The molecule has 2 heterocycles. The van der Waals surface area contributed by atoms with E-state index >= 15 is 0 Å². The number of hydrogen-bond acceptors (Lipinski definition) is 3. The summed E-state index contributed by atoms with van der Waals surface area (Å²) in [5.74, 6) is 2.16. The summed E-state index contributed by atoms with van der Waals surface area (Å²) in [5.41, 5.74) is 2.50. The predicted molar refractivity (Wildman–Crippen MR) is 84.9 cm³/mol. The van der Waals surface area contributed by atoms with Crippen molar-refractivity contribution >= 4 is 34.4 Å². The summed E-state index contributed by atoms with van der Waals surface area (Å²) in [6, 6.07) is 9.55. The smallest absolute Gasteiger partial charge is 0.164 e. The minimum absolute atomic E-state index is 0.493. The monoisotopic (exact) mass is 321 g/mol. The van der Waals surface area contributed by atoms with Crippen LogP contribution in [0, 0.1) is 0 Å². The van der Waals surface area contributed by atoms with E-state index in [0.29, 0.717) is 17.3 Å². The fourth-order valence-corrected chi connectivity index (χ4v) is 2.56. The van der Waals surface area contributed by atoms with E-state index in [0.717, 1.165) is 28.4 Å². The number of hydrogen-bond donors (Lipinski definition) is 0. The quantitative estimate of drug-likeness (QED) is 0.685. The number of halogens is 2. The molecule has 0 atom stereocenters. The van der Waals surface area contributed by atoms with E-state index in [-0.39, 0.29) is 0 Å². The third kappa shape index (κ3) is 2.69. The predicted octanol–water partition coefficient (Wildman–Crippen LogP) is 3.86. The number of imidazole rings is 1. The molecule has 0 aliphatic heterocycles. The number of fused-ring (bicyclic) bond motifs is 1. The largest absolute Gasteiger partial charge is 0.497 e. The van der Waals surface area contributed by atoms with E-state index in [1.165, 1.54) is 0 Å². The van der Waals surface area contributed by atoms with E-state index in [4.69, 9.17) is 27.9 Å². The Kier molecular flexibility index (Phi) is 3.99. The Morgan fingerprint density at radius 3 is 2.67 bits per heavy atom. The zero-order valence-electron chi connectivity index (χ0n) is 11.4. The summed E-state index contributed by atoms with van der Waals surface area (Å²) < 4.78 is 7.18. The Hall–Kier alpha value is -1.78. The van der Waals surface area contributed by atoms with Crippen molar-refractivity contribution in [2.75, 3.05) is 13.0 Å². The van der Waals surface area contributed by atoms with Gasteiger partial charge in [0, 0.05) is 24.2 Å². The number of ether oxygens (including phenoxy) is 1. The van der Waals surface area contributed by atoms with Crippen molar-refractivity contribution in [1.29, 1.82) is 0 Å². The standard InChI is InChI=1S/C15H13Cl2N3O/c1-21-12-4-2-11(3-5-12)20-14(6-7-16)19-13-8-10(17)9-18-15(13)20/h2-5,8-9H,6-7H2,1H3. The number of alkyl halides is 1. The van der Waals surface area contributed by atoms with E-state index in [9.17, 15) is 0 Å². The molecule has 0 fully saturated rings. The van der Waals surface area contributed by atoms with Gasteiger partial charge in [0.25, 0.3) is 0 Å². The lowest BCUT2D eigenvalue weighted by Crippen LogP contribution is -2.03. The minimum atomic E-state index is 0.493. The first kappa shape index (κ1) is 14.2. The first-order chi connectivity index (χ1) is 10.2. The van der Waals surface area contributed by atoms with Crippen LogP contribution >= 0.6 is 23.2 Å². The van der Waals surface area contributed by atoms with Crippen LogP contribution in [0.25, 0.3) is 16.9 Å². The first-order valence-corrected chi connectivity index (χ1v) is 7.37. The van der Waals surface area contributed by atoms with Crippen molar-refractivity contribution in [3.8, 4) is 11.4 Å². The SMILES string of the molecule is COc1ccc(-n2c(CCCl)nc3cc(Cl)cnc32)cc1. The zero-order chi connectivity index (χ0) is 14.8. The second-order valence-corrected chi connectivity index (χ2v) is 5.31. The molecule has 0 saturated carbocycles. The molecule has 0 bridgehead atoms. The van der Waals surface area contributed by atoms with Gasteiger partial charge in [-0.15, -0.1) is 11.6 Å². The third-order valence-corrected chi connectivity index (χ3v) is 3.58. The number of methoxy groups -OCH3 is 1. The van der Waals surface area contributed by atoms with Crippen LogP contribution in [-0.4, -0.2) is 27.5 Å². The first-order valence-electron chi connectivity index (χ1n) is 6.46. The number of benzene rings is 1. The highest BCUT2D eigenvalue weighted by Gasteiger charge is 2.13. The topological polar surface area (TPSA) is 39.9 Å². The van der Waals surface area contributed by atoms with Crippen LogP contribution in [0.4, 0.5) is 0 Å². The van der Waals surface area contributed by atoms with E-state index in [2.05, 4.69) is 9.97 Å². The van der Waals surface area contributed by atoms with Gasteiger partial charge >= 0.3 is 0 Å². The molecule has 1 aromatic carbocycles. The average molecular weight is 322 g/mol. The summed E-state index contributed by atoms with van der Waals surface area (Å²) in [6.07, 6.45) is 2.28. The van der Waals surface area contributed by atoms with Crippen molar-refractivity contribution in [2.45, 2.75) is 6.42 Å². The average Bonchev–Trinajstić information content (AvgIpc) is 2.85. The molecule has 0 aliphatic carbocycles. The molecule has 4 nitrogen and oxygen atoms in total. The molecule has 108 valence electrons. The Morgan fingerprint density at radius 2 is 2.00 bits per heavy atom. The Labute approximate surface area is 132 Å². The molecule has 0 N–H and O–H groups in total. The van der Waals surface area contributed by atoms with Gasteiger partial charge in [0.2, 0.25) is 0 Å². The highest BCUT2D eigenvalue weighted by atomic mass is 35.5. The lowest BCUT2D eigenvalue weighted by atomic mass is 10.3. The maximum atomic E-state index is 5.99. The molecule has 21 heavy (non-hydrogen) atoms. The second kappa shape index (κ2) is 5.92. The highest BCUT2D eigenvalue weighted by molar-refractivity contribution is 6.31. The molecule has 2 aromatic heterocycles. The summed E-state index contributed by atoms with van der Waals surface area (Å²) in [5, 5.41) is 0.569.